The second-order valence-electron chi connectivity index (χ2n) is 3.79. The largest absolute Gasteiger partial charge is 0.250 e. The molecule has 0 radical (unpaired) electrons. The summed E-state index contributed by atoms with van der Waals surface area (Å²) in [7, 11) is -2.55. The lowest BCUT2D eigenvalue weighted by Crippen LogP contribution is -2.22. The molecule has 14 heavy (non-hydrogen) atoms. The van der Waals surface area contributed by atoms with Crippen molar-refractivity contribution >= 4 is 19.7 Å². The number of hydrogen-bond donors (Lipinski definition) is 0. The molecule has 0 unspecified atom stereocenters. The standard InChI is InChI=1S/C7H13N3O2S2/c1-7(2,3)10-5-6(8-9-10)14(11,12)13-4/h5H,1-4H3. The topological polar surface area (TPSA) is 64.8 Å². The number of aromatic nitrogens is 3. The van der Waals surface area contributed by atoms with E-state index in [0.29, 0.717) is 0 Å². The van der Waals surface area contributed by atoms with Gasteiger partial charge in [-0.3, -0.25) is 0 Å². The predicted octanol–water partition coefficient (Wildman–Crippen LogP) is 1.08. The maximum Gasteiger partial charge on any atom is 0.250 e. The van der Waals surface area contributed by atoms with Crippen molar-refractivity contribution in [2.24, 2.45) is 0 Å². The second-order valence-corrected chi connectivity index (χ2v) is 7.77. The van der Waals surface area contributed by atoms with Gasteiger partial charge in [0, 0.05) is 0 Å². The molecular formula is C7H13N3O2S2. The summed E-state index contributed by atoms with van der Waals surface area (Å²) in [5.41, 5.74) is -0.251. The molecule has 0 bridgehead atoms. The molecule has 0 aromatic carbocycles. The van der Waals surface area contributed by atoms with Crippen LogP contribution in [0.4, 0.5) is 0 Å². The second kappa shape index (κ2) is 3.54. The summed E-state index contributed by atoms with van der Waals surface area (Å²) in [6.45, 7) is 5.78. The molecule has 0 aliphatic rings. The summed E-state index contributed by atoms with van der Waals surface area (Å²) in [6.07, 6.45) is 2.96. The smallest absolute Gasteiger partial charge is 0.246 e. The minimum Gasteiger partial charge on any atom is -0.246 e. The minimum absolute atomic E-state index is 0.0138. The third-order valence-electron chi connectivity index (χ3n) is 1.64. The van der Waals surface area contributed by atoms with Gasteiger partial charge < -0.3 is 0 Å². The summed E-state index contributed by atoms with van der Waals surface area (Å²) in [4.78, 5) is 0. The summed E-state index contributed by atoms with van der Waals surface area (Å²) >= 11 is 0. The van der Waals surface area contributed by atoms with Crippen molar-refractivity contribution in [3.05, 3.63) is 6.20 Å². The zero-order valence-corrected chi connectivity index (χ0v) is 10.2. The van der Waals surface area contributed by atoms with Crippen molar-refractivity contribution in [2.45, 2.75) is 31.3 Å². The Hall–Kier alpha value is -0.560. The monoisotopic (exact) mass is 235 g/mol. The molecule has 0 saturated carbocycles. The van der Waals surface area contributed by atoms with Gasteiger partial charge in [0.1, 0.15) is 0 Å². The van der Waals surface area contributed by atoms with Gasteiger partial charge in [0.2, 0.25) is 5.03 Å². The van der Waals surface area contributed by atoms with E-state index in [-0.39, 0.29) is 10.6 Å². The molecule has 7 heteroatoms. The first-order chi connectivity index (χ1) is 6.27. The van der Waals surface area contributed by atoms with Crippen LogP contribution in [0.5, 0.6) is 0 Å². The van der Waals surface area contributed by atoms with Crippen LogP contribution >= 0.6 is 10.8 Å². The van der Waals surface area contributed by atoms with Crippen molar-refractivity contribution in [3.8, 4) is 0 Å². The van der Waals surface area contributed by atoms with Crippen LogP contribution < -0.4 is 0 Å². The van der Waals surface area contributed by atoms with Crippen molar-refractivity contribution in [2.75, 3.05) is 6.26 Å². The molecule has 1 rings (SSSR count). The Morgan fingerprint density at radius 2 is 2.00 bits per heavy atom. The van der Waals surface area contributed by atoms with Gasteiger partial charge in [-0.25, -0.2) is 13.1 Å². The summed E-state index contributed by atoms with van der Waals surface area (Å²) in [6, 6.07) is 0. The van der Waals surface area contributed by atoms with Crippen LogP contribution in [-0.4, -0.2) is 29.7 Å². The first-order valence-electron chi connectivity index (χ1n) is 4.01. The molecule has 1 heterocycles. The van der Waals surface area contributed by atoms with E-state index in [9.17, 15) is 8.42 Å². The van der Waals surface area contributed by atoms with Crippen LogP contribution in [0.15, 0.2) is 11.2 Å². The highest BCUT2D eigenvalue weighted by molar-refractivity contribution is 8.71. The lowest BCUT2D eigenvalue weighted by molar-refractivity contribution is 0.346. The van der Waals surface area contributed by atoms with E-state index in [1.165, 1.54) is 17.1 Å². The van der Waals surface area contributed by atoms with Gasteiger partial charge in [-0.2, -0.15) is 0 Å². The summed E-state index contributed by atoms with van der Waals surface area (Å²) in [5.74, 6) is 0. The molecule has 0 saturated heterocycles. The molecule has 5 nitrogen and oxygen atoms in total. The van der Waals surface area contributed by atoms with Gasteiger partial charge in [-0.1, -0.05) is 5.21 Å². The fourth-order valence-corrected chi connectivity index (χ4v) is 2.05. The molecule has 0 atom stereocenters. The third kappa shape index (κ3) is 2.27. The number of rotatable bonds is 2. The first kappa shape index (κ1) is 11.5. The van der Waals surface area contributed by atoms with E-state index < -0.39 is 8.87 Å². The molecule has 0 amide bonds. The molecule has 0 aliphatic carbocycles. The Bertz CT molecular complexity index is 416. The molecule has 1 aromatic heterocycles. The van der Waals surface area contributed by atoms with E-state index in [1.807, 2.05) is 20.8 Å². The average Bonchev–Trinajstić information content (AvgIpc) is 2.51. The Morgan fingerprint density at radius 1 is 1.43 bits per heavy atom. The van der Waals surface area contributed by atoms with Crippen LogP contribution in [0.25, 0.3) is 0 Å². The molecule has 0 N–H and O–H groups in total. The Labute approximate surface area is 87.2 Å². The lowest BCUT2D eigenvalue weighted by atomic mass is 10.1. The van der Waals surface area contributed by atoms with Crippen molar-refractivity contribution in [1.82, 2.24) is 15.0 Å². The summed E-state index contributed by atoms with van der Waals surface area (Å²) < 4.78 is 24.3. The van der Waals surface area contributed by atoms with Gasteiger partial charge in [0.25, 0.3) is 8.87 Å². The minimum atomic E-state index is -3.32. The van der Waals surface area contributed by atoms with Gasteiger partial charge in [-0.15, -0.1) is 5.10 Å². The maximum atomic E-state index is 11.4. The van der Waals surface area contributed by atoms with E-state index in [1.54, 1.807) is 0 Å². The predicted molar refractivity (Wildman–Crippen MR) is 55.7 cm³/mol. The molecule has 80 valence electrons. The molecule has 0 fully saturated rings. The number of hydrogen-bond acceptors (Lipinski definition) is 5. The lowest BCUT2D eigenvalue weighted by Gasteiger charge is -2.17. The third-order valence-corrected chi connectivity index (χ3v) is 4.60. The van der Waals surface area contributed by atoms with E-state index in [2.05, 4.69) is 10.3 Å². The van der Waals surface area contributed by atoms with Gasteiger partial charge in [0.15, 0.2) is 0 Å². The zero-order valence-electron chi connectivity index (χ0n) is 8.55. The molecule has 0 aliphatic heterocycles. The molecule has 0 spiro atoms. The van der Waals surface area contributed by atoms with E-state index >= 15 is 0 Å². The van der Waals surface area contributed by atoms with Gasteiger partial charge in [0.05, 0.1) is 11.7 Å². The highest BCUT2D eigenvalue weighted by atomic mass is 33.1. The quantitative estimate of drug-likeness (QED) is 0.718. The molecular weight excluding hydrogens is 222 g/mol. The SMILES string of the molecule is CSS(=O)(=O)c1cn(C(C)(C)C)nn1. The van der Waals surface area contributed by atoms with Crippen LogP contribution in [-0.2, 0) is 14.4 Å². The average molecular weight is 235 g/mol. The zero-order chi connectivity index (χ0) is 11.0. The molecule has 1 aromatic rings. The van der Waals surface area contributed by atoms with Crippen molar-refractivity contribution in [3.63, 3.8) is 0 Å². The Kier molecular flexibility index (Phi) is 2.91. The Morgan fingerprint density at radius 3 is 2.36 bits per heavy atom. The van der Waals surface area contributed by atoms with Gasteiger partial charge >= 0.3 is 0 Å². The van der Waals surface area contributed by atoms with Crippen molar-refractivity contribution < 1.29 is 8.42 Å². The van der Waals surface area contributed by atoms with Crippen LogP contribution in [0.2, 0.25) is 0 Å². The van der Waals surface area contributed by atoms with E-state index in [0.717, 1.165) is 10.8 Å². The highest BCUT2D eigenvalue weighted by Crippen LogP contribution is 2.20. The highest BCUT2D eigenvalue weighted by Gasteiger charge is 2.21. The van der Waals surface area contributed by atoms with Gasteiger partial charge in [-0.05, 0) is 37.8 Å². The van der Waals surface area contributed by atoms with E-state index in [4.69, 9.17) is 0 Å². The normalized spacial score (nSPS) is 13.1. The number of nitrogens with zero attached hydrogens (tertiary/aromatic N) is 3. The van der Waals surface area contributed by atoms with Crippen LogP contribution in [0.3, 0.4) is 0 Å². The fourth-order valence-electron chi connectivity index (χ4n) is 0.776. The maximum absolute atomic E-state index is 11.4. The van der Waals surface area contributed by atoms with Crippen LogP contribution in [0.1, 0.15) is 20.8 Å². The summed E-state index contributed by atoms with van der Waals surface area (Å²) in [5, 5.41) is 7.42. The first-order valence-corrected chi connectivity index (χ1v) is 7.23. The fraction of sp³-hybridized carbons (Fsp3) is 0.714. The van der Waals surface area contributed by atoms with Crippen LogP contribution in [0, 0.1) is 0 Å². The Balaban J connectivity index is 3.13. The van der Waals surface area contributed by atoms with Crippen molar-refractivity contribution in [1.29, 1.82) is 0 Å².